The molecule has 1 atom stereocenters. The molecule has 0 unspecified atom stereocenters. The highest BCUT2D eigenvalue weighted by molar-refractivity contribution is 5.98. The van der Waals surface area contributed by atoms with Gasteiger partial charge in [-0.1, -0.05) is 18.2 Å². The predicted molar refractivity (Wildman–Crippen MR) is 94.5 cm³/mol. The molecule has 132 valence electrons. The second-order valence-electron chi connectivity index (χ2n) is 6.59. The molecule has 0 saturated carbocycles. The summed E-state index contributed by atoms with van der Waals surface area (Å²) in [7, 11) is 0. The van der Waals surface area contributed by atoms with Crippen LogP contribution in [0, 0.1) is 25.5 Å². The van der Waals surface area contributed by atoms with E-state index in [-0.39, 0.29) is 11.9 Å². The van der Waals surface area contributed by atoms with Crippen LogP contribution in [-0.2, 0) is 11.3 Å². The molecule has 0 N–H and O–H groups in total. The van der Waals surface area contributed by atoms with E-state index in [0.717, 1.165) is 22.9 Å². The molecule has 0 spiro atoms. The molecule has 25 heavy (non-hydrogen) atoms. The van der Waals surface area contributed by atoms with Gasteiger partial charge in [0.1, 0.15) is 11.6 Å². The number of halogens is 2. The Balaban J connectivity index is 1.78. The molecule has 5 heteroatoms. The molecule has 2 aromatic carbocycles. The zero-order chi connectivity index (χ0) is 18.1. The molecule has 1 amide bonds. The Morgan fingerprint density at radius 3 is 2.60 bits per heavy atom. The molecule has 0 radical (unpaired) electrons. The summed E-state index contributed by atoms with van der Waals surface area (Å²) in [6.07, 6.45) is 0. The zero-order valence-electron chi connectivity index (χ0n) is 14.7. The lowest BCUT2D eigenvalue weighted by atomic mass is 10.0. The van der Waals surface area contributed by atoms with E-state index in [0.29, 0.717) is 25.2 Å². The normalized spacial score (nSPS) is 18.7. The van der Waals surface area contributed by atoms with Crippen molar-refractivity contribution in [1.29, 1.82) is 0 Å². The average Bonchev–Trinajstić information content (AvgIpc) is 2.57. The summed E-state index contributed by atoms with van der Waals surface area (Å²) in [5.41, 5.74) is 3.58. The minimum absolute atomic E-state index is 0.00229. The van der Waals surface area contributed by atoms with Gasteiger partial charge in [0.2, 0.25) is 5.91 Å². The van der Waals surface area contributed by atoms with E-state index in [2.05, 4.69) is 0 Å². The molecular formula is C20H22F2N2O. The third kappa shape index (κ3) is 3.42. The molecule has 0 bridgehead atoms. The number of piperazine rings is 1. The summed E-state index contributed by atoms with van der Waals surface area (Å²) in [6.45, 7) is 7.36. The molecule has 1 heterocycles. The number of aryl methyl sites for hydroxylation is 1. The van der Waals surface area contributed by atoms with E-state index in [9.17, 15) is 13.6 Å². The zero-order valence-corrected chi connectivity index (χ0v) is 14.7. The van der Waals surface area contributed by atoms with Crippen molar-refractivity contribution in [2.45, 2.75) is 33.4 Å². The Morgan fingerprint density at radius 1 is 1.12 bits per heavy atom. The average molecular weight is 344 g/mol. The smallest absolute Gasteiger partial charge is 0.244 e. The molecule has 1 aliphatic heterocycles. The number of rotatable bonds is 3. The van der Waals surface area contributed by atoms with Crippen LogP contribution >= 0.6 is 0 Å². The summed E-state index contributed by atoms with van der Waals surface area (Å²) in [4.78, 5) is 16.6. The van der Waals surface area contributed by atoms with Crippen molar-refractivity contribution in [3.8, 4) is 0 Å². The fourth-order valence-electron chi connectivity index (χ4n) is 3.27. The maximum absolute atomic E-state index is 13.9. The first-order valence-corrected chi connectivity index (χ1v) is 8.44. The van der Waals surface area contributed by atoms with Crippen molar-refractivity contribution in [2.75, 3.05) is 18.0 Å². The predicted octanol–water partition coefficient (Wildman–Crippen LogP) is 3.82. The first-order chi connectivity index (χ1) is 11.9. The van der Waals surface area contributed by atoms with Gasteiger partial charge in [0.15, 0.2) is 0 Å². The molecule has 1 fully saturated rings. The van der Waals surface area contributed by atoms with Crippen LogP contribution in [0.5, 0.6) is 0 Å². The second-order valence-corrected chi connectivity index (χ2v) is 6.59. The number of nitrogens with zero attached hydrogens (tertiary/aromatic N) is 2. The number of carbonyl (C=O) groups excluding carboxylic acids is 1. The minimum atomic E-state index is -0.592. The largest absolute Gasteiger partial charge is 0.310 e. The lowest BCUT2D eigenvalue weighted by molar-refractivity contribution is -0.125. The Morgan fingerprint density at radius 2 is 1.88 bits per heavy atom. The fourth-order valence-corrected chi connectivity index (χ4v) is 3.27. The van der Waals surface area contributed by atoms with Gasteiger partial charge in [-0.15, -0.1) is 0 Å². The Kier molecular flexibility index (Phi) is 4.86. The molecule has 3 nitrogen and oxygen atoms in total. The topological polar surface area (TPSA) is 23.6 Å². The standard InChI is InChI=1S/C20H22F2N2O/c1-13-5-4-6-19(14(13)2)24-10-9-23(15(3)20(24)25)12-16-7-8-17(21)11-18(16)22/h4-8,11,15H,9-10,12H2,1-3H3/t15-/m1/s1. The van der Waals surface area contributed by atoms with E-state index in [1.165, 1.54) is 12.1 Å². The maximum atomic E-state index is 13.9. The SMILES string of the molecule is Cc1cccc(N2CCN(Cc3ccc(F)cc3F)[C@H](C)C2=O)c1C. The van der Waals surface area contributed by atoms with Gasteiger partial charge in [-0.2, -0.15) is 0 Å². The first kappa shape index (κ1) is 17.5. The molecule has 0 aliphatic carbocycles. The number of benzene rings is 2. The van der Waals surface area contributed by atoms with Gasteiger partial charge in [0.25, 0.3) is 0 Å². The van der Waals surface area contributed by atoms with E-state index in [1.54, 1.807) is 0 Å². The highest BCUT2D eigenvalue weighted by Gasteiger charge is 2.33. The first-order valence-electron chi connectivity index (χ1n) is 8.44. The van der Waals surface area contributed by atoms with Crippen LogP contribution in [0.25, 0.3) is 0 Å². The number of hydrogen-bond acceptors (Lipinski definition) is 2. The quantitative estimate of drug-likeness (QED) is 0.845. The Bertz CT molecular complexity index is 806. The second kappa shape index (κ2) is 6.92. The van der Waals surface area contributed by atoms with Gasteiger partial charge in [-0.05, 0) is 44.0 Å². The van der Waals surface area contributed by atoms with Crippen LogP contribution in [0.15, 0.2) is 36.4 Å². The number of hydrogen-bond donors (Lipinski definition) is 0. The van der Waals surface area contributed by atoms with Gasteiger partial charge >= 0.3 is 0 Å². The Hall–Kier alpha value is -2.27. The molecular weight excluding hydrogens is 322 g/mol. The van der Waals surface area contributed by atoms with Gasteiger partial charge in [0, 0.05) is 37.0 Å². The summed E-state index contributed by atoms with van der Waals surface area (Å²) < 4.78 is 27.0. The van der Waals surface area contributed by atoms with Gasteiger partial charge < -0.3 is 4.90 Å². The van der Waals surface area contributed by atoms with Crippen LogP contribution in [0.4, 0.5) is 14.5 Å². The van der Waals surface area contributed by atoms with Gasteiger partial charge in [-0.25, -0.2) is 8.78 Å². The van der Waals surface area contributed by atoms with Crippen LogP contribution < -0.4 is 4.90 Å². The summed E-state index contributed by atoms with van der Waals surface area (Å²) >= 11 is 0. The molecule has 3 rings (SSSR count). The summed E-state index contributed by atoms with van der Waals surface area (Å²) in [5, 5.41) is 0. The van der Waals surface area contributed by atoms with Gasteiger partial charge in [-0.3, -0.25) is 9.69 Å². The molecule has 1 saturated heterocycles. The van der Waals surface area contributed by atoms with Crippen molar-refractivity contribution in [3.05, 3.63) is 64.7 Å². The number of anilines is 1. The van der Waals surface area contributed by atoms with Crippen molar-refractivity contribution in [2.24, 2.45) is 0 Å². The minimum Gasteiger partial charge on any atom is -0.310 e. The van der Waals surface area contributed by atoms with E-state index in [4.69, 9.17) is 0 Å². The highest BCUT2D eigenvalue weighted by atomic mass is 19.1. The van der Waals surface area contributed by atoms with Crippen molar-refractivity contribution in [1.82, 2.24) is 4.90 Å². The van der Waals surface area contributed by atoms with Crippen LogP contribution in [-0.4, -0.2) is 29.9 Å². The van der Waals surface area contributed by atoms with Crippen molar-refractivity contribution < 1.29 is 13.6 Å². The number of amides is 1. The summed E-state index contributed by atoms with van der Waals surface area (Å²) in [6, 6.07) is 9.15. The molecule has 0 aromatic heterocycles. The lowest BCUT2D eigenvalue weighted by Gasteiger charge is -2.39. The van der Waals surface area contributed by atoms with Crippen LogP contribution in [0.1, 0.15) is 23.6 Å². The van der Waals surface area contributed by atoms with E-state index >= 15 is 0 Å². The maximum Gasteiger partial charge on any atom is 0.244 e. The van der Waals surface area contributed by atoms with Crippen LogP contribution in [0.3, 0.4) is 0 Å². The fraction of sp³-hybridized carbons (Fsp3) is 0.350. The summed E-state index contributed by atoms with van der Waals surface area (Å²) in [5.74, 6) is -1.16. The highest BCUT2D eigenvalue weighted by Crippen LogP contribution is 2.27. The third-order valence-corrected chi connectivity index (χ3v) is 5.04. The third-order valence-electron chi connectivity index (χ3n) is 5.04. The van der Waals surface area contributed by atoms with Crippen molar-refractivity contribution >= 4 is 11.6 Å². The Labute approximate surface area is 146 Å². The van der Waals surface area contributed by atoms with Gasteiger partial charge in [0.05, 0.1) is 6.04 Å². The molecule has 1 aliphatic rings. The monoisotopic (exact) mass is 344 g/mol. The van der Waals surface area contributed by atoms with E-state index < -0.39 is 11.6 Å². The lowest BCUT2D eigenvalue weighted by Crippen LogP contribution is -2.55. The van der Waals surface area contributed by atoms with Crippen LogP contribution in [0.2, 0.25) is 0 Å². The molecule has 2 aromatic rings. The number of carbonyl (C=O) groups is 1. The van der Waals surface area contributed by atoms with Crippen molar-refractivity contribution in [3.63, 3.8) is 0 Å². The van der Waals surface area contributed by atoms with E-state index in [1.807, 2.05) is 48.8 Å².